The topological polar surface area (TPSA) is 12.0 Å². The van der Waals surface area contributed by atoms with Crippen molar-refractivity contribution in [3.05, 3.63) is 21.9 Å². The molecule has 0 spiro atoms. The Balaban J connectivity index is 2.64. The van der Waals surface area contributed by atoms with Gasteiger partial charge in [0.1, 0.15) is 0 Å². The van der Waals surface area contributed by atoms with E-state index in [1.165, 1.54) is 30.6 Å². The van der Waals surface area contributed by atoms with Crippen LogP contribution in [0.5, 0.6) is 0 Å². The van der Waals surface area contributed by atoms with E-state index in [2.05, 4.69) is 45.1 Å². The molecule has 1 aromatic rings. The lowest BCUT2D eigenvalue weighted by Gasteiger charge is -2.29. The number of hydrogen-bond acceptors (Lipinski definition) is 2. The summed E-state index contributed by atoms with van der Waals surface area (Å²) in [6.45, 7) is 11.3. The molecule has 17 heavy (non-hydrogen) atoms. The molecule has 0 bridgehead atoms. The highest BCUT2D eigenvalue weighted by Gasteiger charge is 2.23. The van der Waals surface area contributed by atoms with Crippen LogP contribution in [0.4, 0.5) is 0 Å². The SMILES string of the molecule is CCCC(C)(CNCC)Cc1ccc(CC)s1. The lowest BCUT2D eigenvalue weighted by Crippen LogP contribution is -2.33. The molecule has 0 saturated heterocycles. The Labute approximate surface area is 111 Å². The first-order valence-corrected chi connectivity index (χ1v) is 7.73. The van der Waals surface area contributed by atoms with E-state index in [1.807, 2.05) is 11.3 Å². The lowest BCUT2D eigenvalue weighted by molar-refractivity contribution is 0.279. The van der Waals surface area contributed by atoms with Gasteiger partial charge in [0.2, 0.25) is 0 Å². The minimum Gasteiger partial charge on any atom is -0.316 e. The molecule has 1 unspecified atom stereocenters. The summed E-state index contributed by atoms with van der Waals surface area (Å²) in [5.74, 6) is 0. The Hall–Kier alpha value is -0.340. The van der Waals surface area contributed by atoms with Crippen molar-refractivity contribution in [1.29, 1.82) is 0 Å². The average Bonchev–Trinajstić information content (AvgIpc) is 2.74. The molecular formula is C15H27NS. The largest absolute Gasteiger partial charge is 0.316 e. The fourth-order valence-electron chi connectivity index (χ4n) is 2.40. The Bertz CT molecular complexity index is 318. The molecule has 2 heteroatoms. The van der Waals surface area contributed by atoms with E-state index < -0.39 is 0 Å². The third kappa shape index (κ3) is 4.81. The van der Waals surface area contributed by atoms with Crippen LogP contribution < -0.4 is 5.32 Å². The van der Waals surface area contributed by atoms with E-state index in [4.69, 9.17) is 0 Å². The van der Waals surface area contributed by atoms with E-state index >= 15 is 0 Å². The summed E-state index contributed by atoms with van der Waals surface area (Å²) in [5, 5.41) is 3.52. The number of rotatable bonds is 8. The number of nitrogens with one attached hydrogen (secondary N) is 1. The van der Waals surface area contributed by atoms with Gasteiger partial charge in [0.05, 0.1) is 0 Å². The van der Waals surface area contributed by atoms with Gasteiger partial charge < -0.3 is 5.32 Å². The molecule has 1 atom stereocenters. The maximum atomic E-state index is 3.52. The van der Waals surface area contributed by atoms with Gasteiger partial charge in [-0.3, -0.25) is 0 Å². The molecule has 0 aliphatic carbocycles. The van der Waals surface area contributed by atoms with Gasteiger partial charge in [0.15, 0.2) is 0 Å². The van der Waals surface area contributed by atoms with E-state index in [-0.39, 0.29) is 0 Å². The van der Waals surface area contributed by atoms with Crippen LogP contribution in [0.2, 0.25) is 0 Å². The quantitative estimate of drug-likeness (QED) is 0.729. The second kappa shape index (κ2) is 7.17. The molecular weight excluding hydrogens is 226 g/mol. The first-order valence-electron chi connectivity index (χ1n) is 6.92. The summed E-state index contributed by atoms with van der Waals surface area (Å²) >= 11 is 1.99. The predicted octanol–water partition coefficient (Wildman–Crippen LogP) is 4.27. The number of hydrogen-bond donors (Lipinski definition) is 1. The van der Waals surface area contributed by atoms with Crippen LogP contribution in [-0.4, -0.2) is 13.1 Å². The second-order valence-electron chi connectivity index (χ2n) is 5.24. The Morgan fingerprint density at radius 3 is 2.41 bits per heavy atom. The van der Waals surface area contributed by atoms with Crippen molar-refractivity contribution in [2.75, 3.05) is 13.1 Å². The first-order chi connectivity index (χ1) is 8.13. The predicted molar refractivity (Wildman–Crippen MR) is 79.0 cm³/mol. The van der Waals surface area contributed by atoms with Gasteiger partial charge in [-0.2, -0.15) is 0 Å². The lowest BCUT2D eigenvalue weighted by atomic mass is 9.81. The summed E-state index contributed by atoms with van der Waals surface area (Å²) in [7, 11) is 0. The fourth-order valence-corrected chi connectivity index (χ4v) is 3.57. The van der Waals surface area contributed by atoms with Gasteiger partial charge in [-0.1, -0.05) is 34.1 Å². The summed E-state index contributed by atoms with van der Waals surface area (Å²) in [4.78, 5) is 3.07. The third-order valence-corrected chi connectivity index (χ3v) is 4.55. The number of aryl methyl sites for hydroxylation is 1. The van der Waals surface area contributed by atoms with Crippen molar-refractivity contribution in [2.45, 2.75) is 53.4 Å². The molecule has 0 amide bonds. The zero-order valence-corrected chi connectivity index (χ0v) is 12.6. The molecule has 0 aliphatic heterocycles. The molecule has 1 N–H and O–H groups in total. The van der Waals surface area contributed by atoms with Gasteiger partial charge >= 0.3 is 0 Å². The molecule has 1 rings (SSSR count). The normalized spacial score (nSPS) is 14.8. The Morgan fingerprint density at radius 2 is 1.88 bits per heavy atom. The average molecular weight is 253 g/mol. The molecule has 0 aliphatic rings. The van der Waals surface area contributed by atoms with Crippen LogP contribution in [0.1, 0.15) is 50.3 Å². The van der Waals surface area contributed by atoms with Crippen molar-refractivity contribution < 1.29 is 0 Å². The van der Waals surface area contributed by atoms with Gasteiger partial charge in [-0.15, -0.1) is 11.3 Å². The smallest absolute Gasteiger partial charge is 0.00540 e. The van der Waals surface area contributed by atoms with Crippen LogP contribution in [0.25, 0.3) is 0 Å². The molecule has 1 nitrogen and oxygen atoms in total. The monoisotopic (exact) mass is 253 g/mol. The van der Waals surface area contributed by atoms with E-state index in [0.29, 0.717) is 5.41 Å². The van der Waals surface area contributed by atoms with Gasteiger partial charge in [0, 0.05) is 16.3 Å². The second-order valence-corrected chi connectivity index (χ2v) is 6.49. The summed E-state index contributed by atoms with van der Waals surface area (Å²) in [6.07, 6.45) is 4.97. The molecule has 1 aromatic heterocycles. The van der Waals surface area contributed by atoms with Crippen molar-refractivity contribution in [3.8, 4) is 0 Å². The molecule has 98 valence electrons. The van der Waals surface area contributed by atoms with Crippen molar-refractivity contribution in [3.63, 3.8) is 0 Å². The standard InChI is InChI=1S/C15H27NS/c1-5-10-15(4,12-16-7-3)11-14-9-8-13(6-2)17-14/h8-9,16H,5-7,10-12H2,1-4H3. The highest BCUT2D eigenvalue weighted by molar-refractivity contribution is 7.11. The fraction of sp³-hybridized carbons (Fsp3) is 0.733. The zero-order chi connectivity index (χ0) is 12.7. The molecule has 0 fully saturated rings. The molecule has 0 saturated carbocycles. The maximum absolute atomic E-state index is 3.52. The summed E-state index contributed by atoms with van der Waals surface area (Å²) in [5.41, 5.74) is 0.417. The van der Waals surface area contributed by atoms with Crippen LogP contribution in [0.3, 0.4) is 0 Å². The van der Waals surface area contributed by atoms with Crippen LogP contribution in [0, 0.1) is 5.41 Å². The first kappa shape index (κ1) is 14.7. The zero-order valence-electron chi connectivity index (χ0n) is 11.8. The molecule has 0 aromatic carbocycles. The van der Waals surface area contributed by atoms with E-state index in [1.54, 1.807) is 4.88 Å². The molecule has 0 radical (unpaired) electrons. The maximum Gasteiger partial charge on any atom is 0.00540 e. The molecule has 1 heterocycles. The van der Waals surface area contributed by atoms with Crippen molar-refractivity contribution >= 4 is 11.3 Å². The van der Waals surface area contributed by atoms with E-state index in [0.717, 1.165) is 13.1 Å². The minimum absolute atomic E-state index is 0.417. The van der Waals surface area contributed by atoms with Crippen LogP contribution >= 0.6 is 11.3 Å². The van der Waals surface area contributed by atoms with Crippen LogP contribution in [-0.2, 0) is 12.8 Å². The van der Waals surface area contributed by atoms with Crippen molar-refractivity contribution in [2.24, 2.45) is 5.41 Å². The van der Waals surface area contributed by atoms with Gasteiger partial charge in [-0.25, -0.2) is 0 Å². The van der Waals surface area contributed by atoms with Crippen LogP contribution in [0.15, 0.2) is 12.1 Å². The van der Waals surface area contributed by atoms with E-state index in [9.17, 15) is 0 Å². The summed E-state index contributed by atoms with van der Waals surface area (Å²) in [6, 6.07) is 4.61. The minimum atomic E-state index is 0.417. The Kier molecular flexibility index (Phi) is 6.21. The third-order valence-electron chi connectivity index (χ3n) is 3.32. The van der Waals surface area contributed by atoms with Gasteiger partial charge in [0.25, 0.3) is 0 Å². The van der Waals surface area contributed by atoms with Gasteiger partial charge in [-0.05, 0) is 43.4 Å². The summed E-state index contributed by atoms with van der Waals surface area (Å²) < 4.78 is 0. The Morgan fingerprint density at radius 1 is 1.18 bits per heavy atom. The highest BCUT2D eigenvalue weighted by atomic mass is 32.1. The highest BCUT2D eigenvalue weighted by Crippen LogP contribution is 2.30. The number of thiophene rings is 1. The van der Waals surface area contributed by atoms with Crippen molar-refractivity contribution in [1.82, 2.24) is 5.32 Å².